The summed E-state index contributed by atoms with van der Waals surface area (Å²) in [5, 5.41) is 42.9. The second kappa shape index (κ2) is 14.0. The minimum atomic E-state index is -0.114. The van der Waals surface area contributed by atoms with Gasteiger partial charge in [-0.15, -0.1) is 0 Å². The number of benzene rings is 4. The van der Waals surface area contributed by atoms with E-state index in [0.29, 0.717) is 39.6 Å². The summed E-state index contributed by atoms with van der Waals surface area (Å²) < 4.78 is 5.40. The summed E-state index contributed by atoms with van der Waals surface area (Å²) in [6, 6.07) is 22.8. The molecule has 0 spiro atoms. The van der Waals surface area contributed by atoms with Crippen LogP contribution in [0.2, 0.25) is 0 Å². The van der Waals surface area contributed by atoms with Crippen molar-refractivity contribution < 1.29 is 25.2 Å². The molecule has 0 saturated carbocycles. The van der Waals surface area contributed by atoms with Crippen molar-refractivity contribution in [2.24, 2.45) is 5.92 Å². The second-order valence-electron chi connectivity index (χ2n) is 13.0. The lowest BCUT2D eigenvalue weighted by molar-refractivity contribution is 0.407. The molecule has 0 radical (unpaired) electrons. The molecule has 7 nitrogen and oxygen atoms in total. The van der Waals surface area contributed by atoms with Crippen LogP contribution in [0.4, 0.5) is 0 Å². The normalized spacial score (nSPS) is 14.4. The quantitative estimate of drug-likeness (QED) is 0.112. The molecular formula is C42H44N2O5. The van der Waals surface area contributed by atoms with E-state index in [1.807, 2.05) is 18.2 Å². The molecule has 1 heterocycles. The largest absolute Gasteiger partial charge is 0.508 e. The number of phenols is 4. The van der Waals surface area contributed by atoms with E-state index >= 15 is 0 Å². The van der Waals surface area contributed by atoms with Gasteiger partial charge in [0.15, 0.2) is 5.82 Å². The molecule has 1 aromatic heterocycles. The summed E-state index contributed by atoms with van der Waals surface area (Å²) in [6.45, 7) is 7.80. The molecule has 0 bridgehead atoms. The number of ether oxygens (including phenoxy) is 1. The number of nitrogens with zero attached hydrogens (tertiary/aromatic N) is 2. The lowest BCUT2D eigenvalue weighted by Crippen LogP contribution is -2.05. The fourth-order valence-electron chi connectivity index (χ4n) is 6.83. The van der Waals surface area contributed by atoms with Gasteiger partial charge in [-0.25, -0.2) is 9.97 Å². The standard InChI is InChI=1S/C42H44N2O5/c1-6-8-9-26(7-2)20-29-22-35(34-21-28(12-15-31(29)34)27-10-13-30(49-5)14-11-27)37-23-36(32-16-18-38(45)24(3)40(32)47)43-42(44-37)33-17-19-39(46)25(4)41(33)48/h10-19,21-23,26,29,45-48H,6-9,20H2,1-5H3. The average Bonchev–Trinajstić information content (AvgIpc) is 3.48. The number of hydrogen-bond donors (Lipinski definition) is 4. The predicted molar refractivity (Wildman–Crippen MR) is 195 cm³/mol. The topological polar surface area (TPSA) is 116 Å². The first-order valence-electron chi connectivity index (χ1n) is 17.1. The minimum Gasteiger partial charge on any atom is -0.508 e. The first-order chi connectivity index (χ1) is 23.6. The number of unbranched alkanes of at least 4 members (excludes halogenated alkanes) is 1. The molecule has 0 amide bonds. The smallest absolute Gasteiger partial charge is 0.164 e. The Bertz CT molecular complexity index is 1960. The number of fused-ring (bicyclic) bond motifs is 1. The van der Waals surface area contributed by atoms with Crippen LogP contribution in [-0.4, -0.2) is 37.5 Å². The maximum absolute atomic E-state index is 11.2. The molecule has 0 fully saturated rings. The Morgan fingerprint density at radius 2 is 1.35 bits per heavy atom. The van der Waals surface area contributed by atoms with Gasteiger partial charge >= 0.3 is 0 Å². The van der Waals surface area contributed by atoms with Gasteiger partial charge in [-0.1, -0.05) is 69.9 Å². The monoisotopic (exact) mass is 656 g/mol. The molecule has 4 N–H and O–H groups in total. The number of aromatic hydroxyl groups is 4. The number of aromatic nitrogens is 2. The molecule has 1 aliphatic carbocycles. The number of methoxy groups -OCH3 is 1. The van der Waals surface area contributed by atoms with E-state index in [1.54, 1.807) is 33.1 Å². The number of hydrogen-bond acceptors (Lipinski definition) is 7. The zero-order valence-electron chi connectivity index (χ0n) is 28.8. The maximum atomic E-state index is 11.2. The molecule has 49 heavy (non-hydrogen) atoms. The number of allylic oxidation sites excluding steroid dienone is 1. The lowest BCUT2D eigenvalue weighted by atomic mass is 9.85. The van der Waals surface area contributed by atoms with Crippen molar-refractivity contribution >= 4 is 5.57 Å². The molecule has 0 aliphatic heterocycles. The van der Waals surface area contributed by atoms with Gasteiger partial charge < -0.3 is 25.2 Å². The fourth-order valence-corrected chi connectivity index (χ4v) is 6.83. The Hall–Kier alpha value is -5.30. The zero-order chi connectivity index (χ0) is 34.8. The lowest BCUT2D eigenvalue weighted by Gasteiger charge is -2.19. The van der Waals surface area contributed by atoms with Crippen LogP contribution in [0.1, 0.15) is 79.8 Å². The third-order valence-corrected chi connectivity index (χ3v) is 9.99. The average molecular weight is 657 g/mol. The highest BCUT2D eigenvalue weighted by atomic mass is 16.5. The van der Waals surface area contributed by atoms with Crippen LogP contribution in [0.3, 0.4) is 0 Å². The SMILES string of the molecule is CCCCC(CC)CC1C=C(c2cc(-c3ccc(O)c(C)c3O)nc(-c3ccc(O)c(C)c3O)n2)c2cc(-c3ccc(OC)cc3)ccc21. The first-order valence-corrected chi connectivity index (χ1v) is 17.1. The van der Waals surface area contributed by atoms with Gasteiger partial charge in [0.2, 0.25) is 0 Å². The van der Waals surface area contributed by atoms with Crippen molar-refractivity contribution in [3.63, 3.8) is 0 Å². The van der Waals surface area contributed by atoms with Gasteiger partial charge in [-0.05, 0) is 97.0 Å². The zero-order valence-corrected chi connectivity index (χ0v) is 28.8. The van der Waals surface area contributed by atoms with Crippen molar-refractivity contribution in [1.29, 1.82) is 0 Å². The highest BCUT2D eigenvalue weighted by Crippen LogP contribution is 2.46. The van der Waals surface area contributed by atoms with E-state index in [-0.39, 0.29) is 34.7 Å². The predicted octanol–water partition coefficient (Wildman–Crippen LogP) is 10.1. The van der Waals surface area contributed by atoms with Crippen LogP contribution in [0.5, 0.6) is 28.7 Å². The van der Waals surface area contributed by atoms with Gasteiger partial charge in [0.1, 0.15) is 28.7 Å². The molecule has 2 unspecified atom stereocenters. The Balaban J connectivity index is 1.56. The molecule has 1 aliphatic rings. The molecule has 2 atom stereocenters. The van der Waals surface area contributed by atoms with Gasteiger partial charge in [0.05, 0.1) is 24.1 Å². The van der Waals surface area contributed by atoms with Gasteiger partial charge in [-0.2, -0.15) is 0 Å². The van der Waals surface area contributed by atoms with E-state index in [9.17, 15) is 20.4 Å². The Kier molecular flexibility index (Phi) is 9.63. The molecule has 5 aromatic rings. The molecule has 0 saturated heterocycles. The third-order valence-electron chi connectivity index (χ3n) is 9.99. The van der Waals surface area contributed by atoms with E-state index in [0.717, 1.165) is 40.9 Å². The molecule has 4 aromatic carbocycles. The summed E-state index contributed by atoms with van der Waals surface area (Å²) in [7, 11) is 1.66. The summed E-state index contributed by atoms with van der Waals surface area (Å²) in [4.78, 5) is 9.88. The summed E-state index contributed by atoms with van der Waals surface area (Å²) >= 11 is 0. The van der Waals surface area contributed by atoms with Crippen LogP contribution in [-0.2, 0) is 0 Å². The van der Waals surface area contributed by atoms with Gasteiger partial charge in [0, 0.05) is 28.2 Å². The van der Waals surface area contributed by atoms with Crippen molar-refractivity contribution in [1.82, 2.24) is 9.97 Å². The second-order valence-corrected chi connectivity index (χ2v) is 13.0. The van der Waals surface area contributed by atoms with E-state index < -0.39 is 0 Å². The summed E-state index contributed by atoms with van der Waals surface area (Å²) in [6.07, 6.45) is 8.01. The number of rotatable bonds is 11. The summed E-state index contributed by atoms with van der Waals surface area (Å²) in [5.74, 6) is 1.58. The van der Waals surface area contributed by atoms with Crippen LogP contribution in [0, 0.1) is 19.8 Å². The van der Waals surface area contributed by atoms with Crippen molar-refractivity contribution in [2.75, 3.05) is 7.11 Å². The van der Waals surface area contributed by atoms with Gasteiger partial charge in [-0.3, -0.25) is 0 Å². The van der Waals surface area contributed by atoms with E-state index in [2.05, 4.69) is 50.3 Å². The Morgan fingerprint density at radius 3 is 2.00 bits per heavy atom. The van der Waals surface area contributed by atoms with Crippen LogP contribution in [0.25, 0.3) is 39.3 Å². The molecule has 7 heteroatoms. The van der Waals surface area contributed by atoms with Crippen LogP contribution < -0.4 is 4.74 Å². The maximum Gasteiger partial charge on any atom is 0.164 e. The van der Waals surface area contributed by atoms with Crippen LogP contribution >= 0.6 is 0 Å². The summed E-state index contributed by atoms with van der Waals surface area (Å²) in [5.41, 5.74) is 7.97. The van der Waals surface area contributed by atoms with Crippen LogP contribution in [0.15, 0.2) is 78.9 Å². The highest BCUT2D eigenvalue weighted by molar-refractivity contribution is 5.89. The van der Waals surface area contributed by atoms with Crippen molar-refractivity contribution in [3.05, 3.63) is 107 Å². The van der Waals surface area contributed by atoms with E-state index in [1.165, 1.54) is 37.0 Å². The molecule has 252 valence electrons. The van der Waals surface area contributed by atoms with E-state index in [4.69, 9.17) is 14.7 Å². The third kappa shape index (κ3) is 6.58. The molecule has 6 rings (SSSR count). The Labute approximate surface area is 288 Å². The molecular weight excluding hydrogens is 612 g/mol. The fraction of sp³-hybridized carbons (Fsp3) is 0.286. The highest BCUT2D eigenvalue weighted by Gasteiger charge is 2.29. The van der Waals surface area contributed by atoms with Gasteiger partial charge in [0.25, 0.3) is 0 Å². The van der Waals surface area contributed by atoms with Crippen molar-refractivity contribution in [2.45, 2.75) is 65.7 Å². The number of phenolic OH excluding ortho intramolecular Hbond substituents is 4. The first kappa shape index (κ1) is 33.6. The Morgan fingerprint density at radius 1 is 0.714 bits per heavy atom. The van der Waals surface area contributed by atoms with Crippen molar-refractivity contribution in [3.8, 4) is 62.5 Å². The minimum absolute atomic E-state index is 0.0163.